The van der Waals surface area contributed by atoms with E-state index in [1.807, 2.05) is 0 Å². The molecule has 0 saturated heterocycles. The monoisotopic (exact) mass is 359 g/mol. The van der Waals surface area contributed by atoms with Crippen molar-refractivity contribution in [3.05, 3.63) is 71.3 Å². The fourth-order valence-corrected chi connectivity index (χ4v) is 3.37. The molecule has 1 aliphatic rings. The highest BCUT2D eigenvalue weighted by molar-refractivity contribution is 5.81. The molecule has 1 fully saturated rings. The lowest BCUT2D eigenvalue weighted by Crippen LogP contribution is -2.34. The summed E-state index contributed by atoms with van der Waals surface area (Å²) in [6.07, 6.45) is 1.30. The summed E-state index contributed by atoms with van der Waals surface area (Å²) in [5.41, 5.74) is 1.33. The first-order valence-corrected chi connectivity index (χ1v) is 8.48. The molecule has 0 heterocycles. The Morgan fingerprint density at radius 1 is 0.885 bits per heavy atom. The minimum Gasteiger partial charge on any atom is -0.481 e. The maximum absolute atomic E-state index is 13.2. The molecule has 2 aromatic rings. The summed E-state index contributed by atoms with van der Waals surface area (Å²) in [6, 6.07) is 10.9. The number of rotatable bonds is 5. The molecule has 0 radical (unpaired) electrons. The van der Waals surface area contributed by atoms with Crippen LogP contribution in [-0.2, 0) is 9.59 Å². The SMILES string of the molecule is O=C(O)[C@@H]1CC[C@H](C(=O)NC(c2ccc(F)cc2)c2ccc(F)cc2)C1. The lowest BCUT2D eigenvalue weighted by Gasteiger charge is -2.22. The van der Waals surface area contributed by atoms with Gasteiger partial charge in [-0.25, -0.2) is 8.78 Å². The Kier molecular flexibility index (Phi) is 5.30. The van der Waals surface area contributed by atoms with Gasteiger partial charge in [0.25, 0.3) is 0 Å². The van der Waals surface area contributed by atoms with E-state index in [2.05, 4.69) is 5.32 Å². The fraction of sp³-hybridized carbons (Fsp3) is 0.300. The number of aliphatic carboxylic acids is 1. The third-order valence-electron chi connectivity index (χ3n) is 4.85. The summed E-state index contributed by atoms with van der Waals surface area (Å²) in [7, 11) is 0. The Morgan fingerprint density at radius 2 is 1.35 bits per heavy atom. The summed E-state index contributed by atoms with van der Waals surface area (Å²) in [6.45, 7) is 0. The van der Waals surface area contributed by atoms with Crippen LogP contribution in [0.3, 0.4) is 0 Å². The summed E-state index contributed by atoms with van der Waals surface area (Å²) in [5.74, 6) is -2.78. The first-order chi connectivity index (χ1) is 12.4. The molecule has 1 aliphatic carbocycles. The van der Waals surface area contributed by atoms with E-state index in [1.54, 1.807) is 24.3 Å². The standard InChI is InChI=1S/C20H19F2NO3/c21-16-7-3-12(4-8-16)18(13-5-9-17(22)10-6-13)23-19(24)14-1-2-15(11-14)20(25)26/h3-10,14-15,18H,1-2,11H2,(H,23,24)(H,25,26)/t14-,15+/m0/s1. The molecule has 3 rings (SSSR count). The summed E-state index contributed by atoms with van der Waals surface area (Å²) in [5, 5.41) is 12.0. The molecule has 0 aliphatic heterocycles. The molecule has 6 heteroatoms. The highest BCUT2D eigenvalue weighted by atomic mass is 19.1. The van der Waals surface area contributed by atoms with Gasteiger partial charge in [0.1, 0.15) is 11.6 Å². The molecule has 1 amide bonds. The Morgan fingerprint density at radius 3 is 1.77 bits per heavy atom. The Hall–Kier alpha value is -2.76. The number of carbonyl (C=O) groups excluding carboxylic acids is 1. The predicted molar refractivity (Wildman–Crippen MR) is 91.3 cm³/mol. The second-order valence-electron chi connectivity index (χ2n) is 6.59. The van der Waals surface area contributed by atoms with Crippen molar-refractivity contribution in [3.63, 3.8) is 0 Å². The second-order valence-corrected chi connectivity index (χ2v) is 6.59. The van der Waals surface area contributed by atoms with Gasteiger partial charge in [0.2, 0.25) is 5.91 Å². The van der Waals surface area contributed by atoms with Gasteiger partial charge in [0, 0.05) is 5.92 Å². The van der Waals surface area contributed by atoms with E-state index < -0.39 is 29.6 Å². The number of amides is 1. The number of carbonyl (C=O) groups is 2. The average Bonchev–Trinajstić information content (AvgIpc) is 3.12. The van der Waals surface area contributed by atoms with Gasteiger partial charge in [-0.05, 0) is 54.7 Å². The molecule has 136 valence electrons. The smallest absolute Gasteiger partial charge is 0.306 e. The van der Waals surface area contributed by atoms with Gasteiger partial charge in [-0.2, -0.15) is 0 Å². The van der Waals surface area contributed by atoms with E-state index in [0.29, 0.717) is 30.4 Å². The van der Waals surface area contributed by atoms with Crippen LogP contribution < -0.4 is 5.32 Å². The van der Waals surface area contributed by atoms with Crippen molar-refractivity contribution in [2.45, 2.75) is 25.3 Å². The Bertz CT molecular complexity index is 744. The molecule has 2 aromatic carbocycles. The maximum atomic E-state index is 13.2. The molecular formula is C20H19F2NO3. The first-order valence-electron chi connectivity index (χ1n) is 8.48. The summed E-state index contributed by atoms with van der Waals surface area (Å²) >= 11 is 0. The number of hydrogen-bond acceptors (Lipinski definition) is 2. The van der Waals surface area contributed by atoms with Crippen LogP contribution in [0.25, 0.3) is 0 Å². The lowest BCUT2D eigenvalue weighted by molar-refractivity contribution is -0.141. The van der Waals surface area contributed by atoms with Crippen LogP contribution in [0.2, 0.25) is 0 Å². The van der Waals surface area contributed by atoms with Gasteiger partial charge in [0.15, 0.2) is 0 Å². The van der Waals surface area contributed by atoms with Crippen molar-refractivity contribution in [3.8, 4) is 0 Å². The van der Waals surface area contributed by atoms with Crippen molar-refractivity contribution >= 4 is 11.9 Å². The maximum Gasteiger partial charge on any atom is 0.306 e. The Labute approximate surface area is 149 Å². The lowest BCUT2D eigenvalue weighted by atomic mass is 9.97. The van der Waals surface area contributed by atoms with Gasteiger partial charge in [0.05, 0.1) is 12.0 Å². The highest BCUT2D eigenvalue weighted by Gasteiger charge is 2.34. The van der Waals surface area contributed by atoms with Crippen molar-refractivity contribution in [1.29, 1.82) is 0 Å². The van der Waals surface area contributed by atoms with E-state index in [4.69, 9.17) is 5.11 Å². The van der Waals surface area contributed by atoms with Gasteiger partial charge in [-0.15, -0.1) is 0 Å². The van der Waals surface area contributed by atoms with Gasteiger partial charge < -0.3 is 10.4 Å². The third kappa shape index (κ3) is 4.07. The number of hydrogen-bond donors (Lipinski definition) is 2. The fourth-order valence-electron chi connectivity index (χ4n) is 3.37. The average molecular weight is 359 g/mol. The van der Waals surface area contributed by atoms with E-state index in [0.717, 1.165) is 0 Å². The van der Waals surface area contributed by atoms with Crippen molar-refractivity contribution in [2.75, 3.05) is 0 Å². The van der Waals surface area contributed by atoms with Gasteiger partial charge in [-0.3, -0.25) is 9.59 Å². The van der Waals surface area contributed by atoms with E-state index in [-0.39, 0.29) is 11.8 Å². The second kappa shape index (κ2) is 7.64. The number of carboxylic acid groups (broad SMARTS) is 1. The minimum absolute atomic E-state index is 0.243. The highest BCUT2D eigenvalue weighted by Crippen LogP contribution is 2.32. The van der Waals surface area contributed by atoms with Crippen LogP contribution in [0.15, 0.2) is 48.5 Å². The predicted octanol–water partition coefficient (Wildman–Crippen LogP) is 3.67. The summed E-state index contributed by atoms with van der Waals surface area (Å²) < 4.78 is 26.5. The minimum atomic E-state index is -0.881. The largest absolute Gasteiger partial charge is 0.481 e. The number of carboxylic acids is 1. The van der Waals surface area contributed by atoms with Crippen molar-refractivity contribution in [1.82, 2.24) is 5.32 Å². The third-order valence-corrected chi connectivity index (χ3v) is 4.85. The number of halogens is 2. The molecule has 0 unspecified atom stereocenters. The van der Waals surface area contributed by atoms with Crippen LogP contribution in [0.1, 0.15) is 36.4 Å². The molecule has 2 N–H and O–H groups in total. The molecule has 0 aromatic heterocycles. The quantitative estimate of drug-likeness (QED) is 0.856. The molecule has 4 nitrogen and oxygen atoms in total. The number of benzene rings is 2. The van der Waals surface area contributed by atoms with Crippen molar-refractivity contribution in [2.24, 2.45) is 11.8 Å². The zero-order valence-electron chi connectivity index (χ0n) is 14.0. The van der Waals surface area contributed by atoms with E-state index in [9.17, 15) is 18.4 Å². The molecule has 1 saturated carbocycles. The van der Waals surface area contributed by atoms with Crippen LogP contribution in [0.4, 0.5) is 8.78 Å². The van der Waals surface area contributed by atoms with E-state index >= 15 is 0 Å². The molecule has 0 bridgehead atoms. The van der Waals surface area contributed by atoms with Crippen LogP contribution >= 0.6 is 0 Å². The van der Waals surface area contributed by atoms with Gasteiger partial charge >= 0.3 is 5.97 Å². The van der Waals surface area contributed by atoms with Crippen molar-refractivity contribution < 1.29 is 23.5 Å². The van der Waals surface area contributed by atoms with Gasteiger partial charge in [-0.1, -0.05) is 24.3 Å². The van der Waals surface area contributed by atoms with Crippen LogP contribution in [0, 0.1) is 23.5 Å². The molecule has 2 atom stereocenters. The van der Waals surface area contributed by atoms with E-state index in [1.165, 1.54) is 24.3 Å². The summed E-state index contributed by atoms with van der Waals surface area (Å²) in [4.78, 5) is 23.7. The van der Waals surface area contributed by atoms with Crippen LogP contribution in [-0.4, -0.2) is 17.0 Å². The van der Waals surface area contributed by atoms with Crippen LogP contribution in [0.5, 0.6) is 0 Å². The normalized spacial score (nSPS) is 19.5. The first kappa shape index (κ1) is 18.0. The number of nitrogens with one attached hydrogen (secondary N) is 1. The molecule has 0 spiro atoms. The molecular weight excluding hydrogens is 340 g/mol. The Balaban J connectivity index is 1.82. The zero-order valence-corrected chi connectivity index (χ0v) is 14.0. The zero-order chi connectivity index (χ0) is 18.7. The topological polar surface area (TPSA) is 66.4 Å². The molecule has 26 heavy (non-hydrogen) atoms.